The number of carboxylic acid groups (broad SMARTS) is 2. The molecule has 3 N–H and O–H groups in total. The van der Waals surface area contributed by atoms with E-state index in [-0.39, 0.29) is 0 Å². The smallest absolute Gasteiger partial charge is 0.303 e. The average Bonchev–Trinajstić information content (AvgIpc) is 2.93. The molecule has 0 spiro atoms. The maximum atomic E-state index is 10.3. The Balaban J connectivity index is -0.000000628. The van der Waals surface area contributed by atoms with Crippen LogP contribution in [-0.4, -0.2) is 33.9 Å². The minimum atomic E-state index is -0.833. The van der Waals surface area contributed by atoms with Gasteiger partial charge in [0.1, 0.15) is 0 Å². The molecular weight excluding hydrogens is 512 g/mol. The van der Waals surface area contributed by atoms with E-state index in [0.29, 0.717) is 13.0 Å². The molecule has 5 nitrogen and oxygen atoms in total. The second kappa shape index (κ2) is 42.8. The molecule has 0 aromatic carbocycles. The molecule has 0 aliphatic rings. The predicted octanol–water partition coefficient (Wildman–Crippen LogP) is 11.4. The van der Waals surface area contributed by atoms with E-state index in [1.54, 1.807) is 0 Å². The highest BCUT2D eigenvalue weighted by Crippen LogP contribution is 2.11. The van der Waals surface area contributed by atoms with Gasteiger partial charge in [-0.25, -0.2) is 0 Å². The highest BCUT2D eigenvalue weighted by molar-refractivity contribution is 5.66. The van der Waals surface area contributed by atoms with Crippen molar-refractivity contribution in [3.63, 3.8) is 0 Å². The highest BCUT2D eigenvalue weighted by Gasteiger charge is 1.96. The van der Waals surface area contributed by atoms with Crippen molar-refractivity contribution in [2.45, 2.75) is 188 Å². The Morgan fingerprint density at radius 1 is 0.463 bits per heavy atom. The summed E-state index contributed by atoms with van der Waals surface area (Å²) in [5.41, 5.74) is 0. The molecule has 244 valence electrons. The Bertz CT molecular complexity index is 552. The third-order valence-corrected chi connectivity index (χ3v) is 6.82. The molecule has 0 aromatic heterocycles. The summed E-state index contributed by atoms with van der Waals surface area (Å²) in [6, 6.07) is 0. The standard InChI is InChI=1S/C18H34O2.C16H32O.C2H4O2/c1-2-3-4-5-6-7-8-9-10-11-12-13-14-15-16-17-18(19)20;1-2-3-4-5-6-7-8-9-10-11-12-13-14-15-16-17;1-2(3)4/h7-8H,2-6,9-17H2,1H3,(H,19,20);7-8,17H,2-6,9-16H2,1H3;1H3,(H,3,4)/b2*8-7-;. The highest BCUT2D eigenvalue weighted by atomic mass is 16.4. The molecule has 41 heavy (non-hydrogen) atoms. The Morgan fingerprint density at radius 3 is 1.02 bits per heavy atom. The van der Waals surface area contributed by atoms with E-state index >= 15 is 0 Å². The zero-order valence-corrected chi connectivity index (χ0v) is 27.6. The van der Waals surface area contributed by atoms with Gasteiger partial charge in [0.05, 0.1) is 0 Å². The number of carboxylic acids is 2. The number of aliphatic carboxylic acids is 2. The van der Waals surface area contributed by atoms with E-state index in [1.807, 2.05) is 0 Å². The monoisotopic (exact) mass is 583 g/mol. The molecule has 0 heterocycles. The maximum Gasteiger partial charge on any atom is 0.303 e. The first-order valence-electron chi connectivity index (χ1n) is 17.2. The van der Waals surface area contributed by atoms with Gasteiger partial charge in [-0.3, -0.25) is 9.59 Å². The van der Waals surface area contributed by atoms with Crippen LogP contribution in [0.2, 0.25) is 0 Å². The Kier molecular flexibility index (Phi) is 45.8. The molecule has 0 rings (SSSR count). The Morgan fingerprint density at radius 2 is 0.732 bits per heavy atom. The number of aliphatic hydroxyl groups excluding tert-OH is 1. The molecule has 0 fully saturated rings. The number of aliphatic hydroxyl groups is 1. The minimum Gasteiger partial charge on any atom is -0.481 e. The number of hydrogen-bond acceptors (Lipinski definition) is 3. The normalized spacial score (nSPS) is 10.8. The van der Waals surface area contributed by atoms with Crippen LogP contribution in [-0.2, 0) is 9.59 Å². The SMILES string of the molecule is CC(=O)O.CCCCCC/C=C\CCCCCCCCCC(=O)O.CCCCCC/C=C\CCCCCCCCO. The van der Waals surface area contributed by atoms with E-state index in [0.717, 1.165) is 26.2 Å². The first-order valence-corrected chi connectivity index (χ1v) is 17.2. The topological polar surface area (TPSA) is 94.8 Å². The summed E-state index contributed by atoms with van der Waals surface area (Å²) in [5, 5.41) is 24.6. The molecule has 0 amide bonds. The van der Waals surface area contributed by atoms with Gasteiger partial charge in [0.15, 0.2) is 0 Å². The average molecular weight is 583 g/mol. The quantitative estimate of drug-likeness (QED) is 0.0630. The van der Waals surface area contributed by atoms with Crippen LogP contribution >= 0.6 is 0 Å². The van der Waals surface area contributed by atoms with Crippen molar-refractivity contribution >= 4 is 11.9 Å². The van der Waals surface area contributed by atoms with Crippen molar-refractivity contribution in [3.8, 4) is 0 Å². The molecule has 0 aliphatic heterocycles. The van der Waals surface area contributed by atoms with Gasteiger partial charge in [0, 0.05) is 20.0 Å². The number of allylic oxidation sites excluding steroid dienone is 4. The van der Waals surface area contributed by atoms with Crippen LogP contribution in [0.3, 0.4) is 0 Å². The summed E-state index contributed by atoms with van der Waals surface area (Å²) in [4.78, 5) is 19.3. The van der Waals surface area contributed by atoms with E-state index in [4.69, 9.17) is 20.1 Å². The van der Waals surface area contributed by atoms with E-state index in [9.17, 15) is 4.79 Å². The summed E-state index contributed by atoms with van der Waals surface area (Å²) >= 11 is 0. The summed E-state index contributed by atoms with van der Waals surface area (Å²) in [6.07, 6.45) is 41.5. The third-order valence-electron chi connectivity index (χ3n) is 6.82. The summed E-state index contributed by atoms with van der Waals surface area (Å²) in [7, 11) is 0. The fourth-order valence-electron chi connectivity index (χ4n) is 4.35. The largest absolute Gasteiger partial charge is 0.481 e. The number of rotatable bonds is 28. The summed E-state index contributed by atoms with van der Waals surface area (Å²) < 4.78 is 0. The zero-order chi connectivity index (χ0) is 31.1. The van der Waals surface area contributed by atoms with Crippen molar-refractivity contribution in [1.82, 2.24) is 0 Å². The molecule has 0 unspecified atom stereocenters. The van der Waals surface area contributed by atoms with E-state index < -0.39 is 11.9 Å². The van der Waals surface area contributed by atoms with Gasteiger partial charge in [-0.2, -0.15) is 0 Å². The Hall–Kier alpha value is -1.62. The Labute approximate surface area is 255 Å². The van der Waals surface area contributed by atoms with Crippen molar-refractivity contribution in [2.75, 3.05) is 6.61 Å². The minimum absolute atomic E-state index is 0.336. The summed E-state index contributed by atoms with van der Waals surface area (Å²) in [5.74, 6) is -1.49. The number of hydrogen-bond donors (Lipinski definition) is 3. The first-order chi connectivity index (χ1) is 19.9. The fourth-order valence-corrected chi connectivity index (χ4v) is 4.35. The molecule has 0 atom stereocenters. The zero-order valence-electron chi connectivity index (χ0n) is 27.6. The van der Waals surface area contributed by atoms with Crippen molar-refractivity contribution in [2.24, 2.45) is 0 Å². The predicted molar refractivity (Wildman–Crippen MR) is 178 cm³/mol. The van der Waals surface area contributed by atoms with Crippen LogP contribution in [0.25, 0.3) is 0 Å². The fraction of sp³-hybridized carbons (Fsp3) is 0.833. The van der Waals surface area contributed by atoms with Crippen molar-refractivity contribution in [3.05, 3.63) is 24.3 Å². The lowest BCUT2D eigenvalue weighted by atomic mass is 10.1. The second-order valence-corrected chi connectivity index (χ2v) is 11.2. The lowest BCUT2D eigenvalue weighted by Crippen LogP contribution is -1.93. The van der Waals surface area contributed by atoms with Gasteiger partial charge >= 0.3 is 5.97 Å². The summed E-state index contributed by atoms with van der Waals surface area (Å²) in [6.45, 7) is 5.96. The van der Waals surface area contributed by atoms with Gasteiger partial charge < -0.3 is 15.3 Å². The van der Waals surface area contributed by atoms with Crippen molar-refractivity contribution < 1.29 is 24.9 Å². The third kappa shape index (κ3) is 58.8. The molecule has 0 bridgehead atoms. The van der Waals surface area contributed by atoms with E-state index in [2.05, 4.69) is 38.2 Å². The second-order valence-electron chi connectivity index (χ2n) is 11.2. The molecule has 0 saturated heterocycles. The van der Waals surface area contributed by atoms with Crippen LogP contribution in [0.1, 0.15) is 188 Å². The van der Waals surface area contributed by atoms with Crippen LogP contribution < -0.4 is 0 Å². The van der Waals surface area contributed by atoms with Gasteiger partial charge in [-0.05, 0) is 64.2 Å². The van der Waals surface area contributed by atoms with Crippen molar-refractivity contribution in [1.29, 1.82) is 0 Å². The van der Waals surface area contributed by atoms with Gasteiger partial charge in [-0.15, -0.1) is 0 Å². The molecule has 0 aliphatic carbocycles. The number of carbonyl (C=O) groups is 2. The van der Waals surface area contributed by atoms with Crippen LogP contribution in [0, 0.1) is 0 Å². The number of unbranched alkanes of at least 4 members (excludes halogenated alkanes) is 21. The first kappa shape index (κ1) is 43.8. The van der Waals surface area contributed by atoms with Gasteiger partial charge in [-0.1, -0.05) is 134 Å². The maximum absolute atomic E-state index is 10.3. The van der Waals surface area contributed by atoms with Crippen LogP contribution in [0.5, 0.6) is 0 Å². The molecule has 0 saturated carbocycles. The lowest BCUT2D eigenvalue weighted by Gasteiger charge is -2.00. The van der Waals surface area contributed by atoms with Crippen LogP contribution in [0.4, 0.5) is 0 Å². The molecule has 0 aromatic rings. The molecule has 5 heteroatoms. The van der Waals surface area contributed by atoms with Gasteiger partial charge in [0.25, 0.3) is 5.97 Å². The van der Waals surface area contributed by atoms with Crippen LogP contribution in [0.15, 0.2) is 24.3 Å². The van der Waals surface area contributed by atoms with E-state index in [1.165, 1.54) is 141 Å². The molecule has 0 radical (unpaired) electrons. The lowest BCUT2D eigenvalue weighted by molar-refractivity contribution is -0.137. The van der Waals surface area contributed by atoms with Gasteiger partial charge in [0.2, 0.25) is 0 Å². The molecular formula is C36H70O5.